The first-order valence-electron chi connectivity index (χ1n) is 9.29. The second-order valence-corrected chi connectivity index (χ2v) is 6.93. The Balaban J connectivity index is 1.75. The van der Waals surface area contributed by atoms with Gasteiger partial charge in [0, 0.05) is 25.4 Å². The molecule has 26 heavy (non-hydrogen) atoms. The summed E-state index contributed by atoms with van der Waals surface area (Å²) < 4.78 is 0. The van der Waals surface area contributed by atoms with Crippen molar-refractivity contribution in [3.8, 4) is 0 Å². The number of piperidine rings is 1. The average molecular weight is 360 g/mol. The molecule has 6 nitrogen and oxygen atoms in total. The van der Waals surface area contributed by atoms with E-state index < -0.39 is 5.97 Å². The Kier molecular flexibility index (Phi) is 7.63. The fraction of sp³-hybridized carbons (Fsp3) is 0.550. The molecule has 1 saturated heterocycles. The number of rotatable bonds is 8. The van der Waals surface area contributed by atoms with E-state index in [1.54, 1.807) is 4.90 Å². The Morgan fingerprint density at radius 1 is 1.15 bits per heavy atom. The Morgan fingerprint density at radius 3 is 2.58 bits per heavy atom. The van der Waals surface area contributed by atoms with Gasteiger partial charge in [0.2, 0.25) is 11.8 Å². The Hall–Kier alpha value is -2.37. The smallest absolute Gasteiger partial charge is 0.303 e. The van der Waals surface area contributed by atoms with Crippen LogP contribution in [-0.2, 0) is 20.8 Å². The molecule has 1 heterocycles. The number of carboxylic acids is 1. The van der Waals surface area contributed by atoms with Crippen LogP contribution in [0.3, 0.4) is 0 Å². The molecule has 0 aromatic heterocycles. The molecule has 1 aromatic carbocycles. The van der Waals surface area contributed by atoms with E-state index in [0.29, 0.717) is 25.8 Å². The van der Waals surface area contributed by atoms with Crippen molar-refractivity contribution in [1.82, 2.24) is 10.2 Å². The molecule has 1 atom stereocenters. The fourth-order valence-electron chi connectivity index (χ4n) is 3.30. The van der Waals surface area contributed by atoms with E-state index in [1.165, 1.54) is 5.56 Å². The van der Waals surface area contributed by atoms with Gasteiger partial charge < -0.3 is 15.3 Å². The van der Waals surface area contributed by atoms with E-state index in [4.69, 9.17) is 5.11 Å². The minimum Gasteiger partial charge on any atom is -0.481 e. The summed E-state index contributed by atoms with van der Waals surface area (Å²) in [5, 5.41) is 11.6. The van der Waals surface area contributed by atoms with Crippen LogP contribution in [0.5, 0.6) is 0 Å². The summed E-state index contributed by atoms with van der Waals surface area (Å²) in [4.78, 5) is 37.0. The average Bonchev–Trinajstić information content (AvgIpc) is 2.64. The van der Waals surface area contributed by atoms with Crippen LogP contribution < -0.4 is 5.32 Å². The van der Waals surface area contributed by atoms with E-state index in [9.17, 15) is 14.4 Å². The molecule has 1 aliphatic heterocycles. The van der Waals surface area contributed by atoms with Gasteiger partial charge in [0.15, 0.2) is 0 Å². The van der Waals surface area contributed by atoms with Gasteiger partial charge in [-0.1, -0.05) is 29.8 Å². The first-order chi connectivity index (χ1) is 12.5. The quantitative estimate of drug-likeness (QED) is 0.745. The molecular formula is C20H28N2O4. The summed E-state index contributed by atoms with van der Waals surface area (Å²) in [6.45, 7) is 2.64. The van der Waals surface area contributed by atoms with Crippen LogP contribution in [0.4, 0.5) is 0 Å². The molecule has 2 rings (SSSR count). The number of benzene rings is 1. The molecule has 0 radical (unpaired) electrons. The lowest BCUT2D eigenvalue weighted by Gasteiger charge is -2.35. The third-order valence-corrected chi connectivity index (χ3v) is 4.84. The van der Waals surface area contributed by atoms with Crippen molar-refractivity contribution in [2.45, 2.75) is 57.9 Å². The zero-order chi connectivity index (χ0) is 18.9. The minimum absolute atomic E-state index is 0.0176. The maximum Gasteiger partial charge on any atom is 0.303 e. The van der Waals surface area contributed by atoms with E-state index in [2.05, 4.69) is 5.32 Å². The first kappa shape index (κ1) is 19.9. The maximum atomic E-state index is 12.4. The van der Waals surface area contributed by atoms with Gasteiger partial charge in [-0.15, -0.1) is 0 Å². The lowest BCUT2D eigenvalue weighted by molar-refractivity contribution is -0.140. The number of amides is 2. The van der Waals surface area contributed by atoms with Crippen molar-refractivity contribution in [3.63, 3.8) is 0 Å². The molecule has 1 aliphatic rings. The van der Waals surface area contributed by atoms with Crippen LogP contribution in [0.1, 0.15) is 49.7 Å². The van der Waals surface area contributed by atoms with Gasteiger partial charge in [0.25, 0.3) is 0 Å². The van der Waals surface area contributed by atoms with Gasteiger partial charge in [-0.3, -0.25) is 14.4 Å². The van der Waals surface area contributed by atoms with Gasteiger partial charge in [-0.05, 0) is 44.6 Å². The number of carbonyl (C=O) groups is 3. The molecule has 0 spiro atoms. The van der Waals surface area contributed by atoms with Crippen LogP contribution >= 0.6 is 0 Å². The summed E-state index contributed by atoms with van der Waals surface area (Å²) >= 11 is 0. The Bertz CT molecular complexity index is 627. The molecule has 1 unspecified atom stereocenters. The predicted octanol–water partition coefficient (Wildman–Crippen LogP) is 2.29. The van der Waals surface area contributed by atoms with Crippen LogP contribution in [0, 0.1) is 6.92 Å². The number of hydrogen-bond donors (Lipinski definition) is 2. The minimum atomic E-state index is -0.840. The molecule has 0 aliphatic carbocycles. The molecule has 6 heteroatoms. The van der Waals surface area contributed by atoms with Gasteiger partial charge in [-0.2, -0.15) is 0 Å². The Morgan fingerprint density at radius 2 is 1.88 bits per heavy atom. The highest BCUT2D eigenvalue weighted by atomic mass is 16.4. The number of carboxylic acid groups (broad SMARTS) is 1. The van der Waals surface area contributed by atoms with Gasteiger partial charge in [-0.25, -0.2) is 0 Å². The highest BCUT2D eigenvalue weighted by Gasteiger charge is 2.26. The van der Waals surface area contributed by atoms with Gasteiger partial charge in [0.1, 0.15) is 0 Å². The second-order valence-electron chi connectivity index (χ2n) is 6.93. The lowest BCUT2D eigenvalue weighted by Crippen LogP contribution is -2.48. The molecule has 2 amide bonds. The summed E-state index contributed by atoms with van der Waals surface area (Å²) in [5.74, 6) is -1.10. The summed E-state index contributed by atoms with van der Waals surface area (Å²) in [5.41, 5.74) is 2.28. The number of nitrogens with one attached hydrogen (secondary N) is 1. The SMILES string of the molecule is Cc1ccc(CCC(=O)NCC(=O)N2CCCCC2CCC(=O)O)cc1. The lowest BCUT2D eigenvalue weighted by atomic mass is 9.98. The number of aryl methyl sites for hydroxylation is 2. The van der Waals surface area contributed by atoms with Gasteiger partial charge >= 0.3 is 5.97 Å². The van der Waals surface area contributed by atoms with Crippen molar-refractivity contribution in [3.05, 3.63) is 35.4 Å². The predicted molar refractivity (Wildman–Crippen MR) is 98.7 cm³/mol. The molecular weight excluding hydrogens is 332 g/mol. The fourth-order valence-corrected chi connectivity index (χ4v) is 3.30. The second kappa shape index (κ2) is 9.94. The molecule has 1 fully saturated rings. The summed E-state index contributed by atoms with van der Waals surface area (Å²) in [7, 11) is 0. The monoisotopic (exact) mass is 360 g/mol. The van der Waals surface area contributed by atoms with Crippen LogP contribution in [0.2, 0.25) is 0 Å². The zero-order valence-corrected chi connectivity index (χ0v) is 15.4. The van der Waals surface area contributed by atoms with Crippen LogP contribution in [-0.4, -0.2) is 46.9 Å². The third kappa shape index (κ3) is 6.50. The van der Waals surface area contributed by atoms with Crippen molar-refractivity contribution in [2.24, 2.45) is 0 Å². The molecule has 0 saturated carbocycles. The zero-order valence-electron chi connectivity index (χ0n) is 15.4. The van der Waals surface area contributed by atoms with E-state index in [0.717, 1.165) is 24.8 Å². The summed E-state index contributed by atoms with van der Waals surface area (Å²) in [6, 6.07) is 8.02. The Labute approximate surface area is 154 Å². The molecule has 0 bridgehead atoms. The van der Waals surface area contributed by atoms with Gasteiger partial charge in [0.05, 0.1) is 6.54 Å². The molecule has 2 N–H and O–H groups in total. The van der Waals surface area contributed by atoms with Crippen molar-refractivity contribution in [1.29, 1.82) is 0 Å². The largest absolute Gasteiger partial charge is 0.481 e. The molecule has 1 aromatic rings. The number of likely N-dealkylation sites (tertiary alicyclic amines) is 1. The van der Waals surface area contributed by atoms with Crippen molar-refractivity contribution < 1.29 is 19.5 Å². The highest BCUT2D eigenvalue weighted by Crippen LogP contribution is 2.21. The number of hydrogen-bond acceptors (Lipinski definition) is 3. The molecule has 142 valence electrons. The van der Waals surface area contributed by atoms with E-state index in [-0.39, 0.29) is 30.8 Å². The van der Waals surface area contributed by atoms with Crippen LogP contribution in [0.15, 0.2) is 24.3 Å². The number of carbonyl (C=O) groups excluding carboxylic acids is 2. The normalized spacial score (nSPS) is 17.0. The van der Waals surface area contributed by atoms with E-state index in [1.807, 2.05) is 31.2 Å². The number of aliphatic carboxylic acids is 1. The number of nitrogens with zero attached hydrogens (tertiary/aromatic N) is 1. The summed E-state index contributed by atoms with van der Waals surface area (Å²) in [6.07, 6.45) is 4.30. The standard InChI is InChI=1S/C20H28N2O4/c1-15-5-7-16(8-6-15)9-11-18(23)21-14-19(24)22-13-3-2-4-17(22)10-12-20(25)26/h5-8,17H,2-4,9-14H2,1H3,(H,21,23)(H,25,26). The van der Waals surface area contributed by atoms with Crippen molar-refractivity contribution >= 4 is 17.8 Å². The topological polar surface area (TPSA) is 86.7 Å². The van der Waals surface area contributed by atoms with Crippen LogP contribution in [0.25, 0.3) is 0 Å². The maximum absolute atomic E-state index is 12.4. The highest BCUT2D eigenvalue weighted by molar-refractivity contribution is 5.85. The first-order valence-corrected chi connectivity index (χ1v) is 9.29. The third-order valence-electron chi connectivity index (χ3n) is 4.84. The van der Waals surface area contributed by atoms with E-state index >= 15 is 0 Å². The van der Waals surface area contributed by atoms with Crippen molar-refractivity contribution in [2.75, 3.05) is 13.1 Å².